The highest BCUT2D eigenvalue weighted by Gasteiger charge is 2.29. The Bertz CT molecular complexity index is 980. The number of halogens is 2. The first-order valence-corrected chi connectivity index (χ1v) is 9.88. The van der Waals surface area contributed by atoms with Crippen molar-refractivity contribution in [1.29, 1.82) is 0 Å². The Morgan fingerprint density at radius 2 is 1.93 bits per heavy atom. The molecule has 0 unspecified atom stereocenters. The maximum atomic E-state index is 12.2. The van der Waals surface area contributed by atoms with Gasteiger partial charge in [0, 0.05) is 23.4 Å². The number of hydrazone groups is 1. The third-order valence-corrected chi connectivity index (χ3v) is 5.62. The van der Waals surface area contributed by atoms with Gasteiger partial charge in [-0.15, -0.1) is 0 Å². The fraction of sp³-hybridized carbons (Fsp3) is 0.273. The van der Waals surface area contributed by atoms with Crippen LogP contribution in [0, 0.1) is 0 Å². The molecule has 3 rings (SSSR count). The van der Waals surface area contributed by atoms with Crippen LogP contribution in [-0.4, -0.2) is 24.2 Å². The number of benzene rings is 2. The number of nitrogens with one attached hydrogen (secondary N) is 1. The van der Waals surface area contributed by atoms with E-state index in [2.05, 4.69) is 61.3 Å². The first kappa shape index (κ1) is 20.4. The quantitative estimate of drug-likeness (QED) is 0.507. The highest BCUT2D eigenvalue weighted by molar-refractivity contribution is 6.42. The van der Waals surface area contributed by atoms with Crippen LogP contribution in [0.5, 0.6) is 0 Å². The molecule has 1 aliphatic rings. The van der Waals surface area contributed by atoms with Crippen molar-refractivity contribution < 1.29 is 4.79 Å². The number of hydrogen-bond acceptors (Lipinski definition) is 3. The average Bonchev–Trinajstić information content (AvgIpc) is 2.64. The lowest BCUT2D eigenvalue weighted by atomic mass is 9.88. The van der Waals surface area contributed by atoms with Crippen LogP contribution in [0.4, 0.5) is 5.69 Å². The van der Waals surface area contributed by atoms with Gasteiger partial charge in [-0.25, -0.2) is 5.43 Å². The Morgan fingerprint density at radius 3 is 2.61 bits per heavy atom. The van der Waals surface area contributed by atoms with E-state index in [4.69, 9.17) is 23.2 Å². The van der Waals surface area contributed by atoms with Crippen LogP contribution in [0.1, 0.15) is 49.2 Å². The topological polar surface area (TPSA) is 44.7 Å². The van der Waals surface area contributed by atoms with Gasteiger partial charge in [0.25, 0.3) is 5.91 Å². The number of fused-ring (bicyclic) bond motifs is 1. The first-order chi connectivity index (χ1) is 13.2. The van der Waals surface area contributed by atoms with E-state index in [9.17, 15) is 4.79 Å². The molecule has 1 heterocycles. The van der Waals surface area contributed by atoms with E-state index in [0.717, 1.165) is 12.1 Å². The predicted octanol–water partition coefficient (Wildman–Crippen LogP) is 5.78. The van der Waals surface area contributed by atoms with Crippen LogP contribution in [0.15, 0.2) is 47.6 Å². The van der Waals surface area contributed by atoms with Crippen LogP contribution in [0.25, 0.3) is 5.57 Å². The first-order valence-electron chi connectivity index (χ1n) is 9.13. The van der Waals surface area contributed by atoms with Crippen molar-refractivity contribution in [2.75, 3.05) is 11.4 Å². The minimum absolute atomic E-state index is 0.0186. The van der Waals surface area contributed by atoms with E-state index in [1.165, 1.54) is 22.9 Å². The zero-order valence-corrected chi connectivity index (χ0v) is 17.9. The lowest BCUT2D eigenvalue weighted by Gasteiger charge is -2.42. The fourth-order valence-corrected chi connectivity index (χ4v) is 3.92. The van der Waals surface area contributed by atoms with Gasteiger partial charge < -0.3 is 4.90 Å². The molecule has 0 saturated heterocycles. The van der Waals surface area contributed by atoms with Crippen molar-refractivity contribution in [1.82, 2.24) is 5.43 Å². The maximum absolute atomic E-state index is 12.2. The lowest BCUT2D eigenvalue weighted by molar-refractivity contribution is 0.0955. The van der Waals surface area contributed by atoms with E-state index in [1.807, 2.05) is 6.07 Å². The van der Waals surface area contributed by atoms with Crippen molar-refractivity contribution in [2.45, 2.75) is 33.2 Å². The van der Waals surface area contributed by atoms with Gasteiger partial charge in [-0.2, -0.15) is 5.10 Å². The second-order valence-electron chi connectivity index (χ2n) is 7.33. The molecule has 0 aromatic heterocycles. The Morgan fingerprint density at radius 1 is 1.18 bits per heavy atom. The number of rotatable bonds is 4. The van der Waals surface area contributed by atoms with Gasteiger partial charge in [-0.1, -0.05) is 35.3 Å². The molecule has 2 aromatic carbocycles. The molecular formula is C22H23Cl2N3O. The van der Waals surface area contributed by atoms with Crippen molar-refractivity contribution in [3.8, 4) is 0 Å². The molecule has 28 heavy (non-hydrogen) atoms. The van der Waals surface area contributed by atoms with Crippen molar-refractivity contribution in [2.24, 2.45) is 5.10 Å². The molecule has 4 nitrogen and oxygen atoms in total. The largest absolute Gasteiger partial charge is 0.363 e. The van der Waals surface area contributed by atoms with Gasteiger partial charge in [-0.3, -0.25) is 4.79 Å². The number of hydrogen-bond donors (Lipinski definition) is 1. The van der Waals surface area contributed by atoms with Gasteiger partial charge in [0.2, 0.25) is 0 Å². The summed E-state index contributed by atoms with van der Waals surface area (Å²) in [6, 6.07) is 10.9. The summed E-state index contributed by atoms with van der Waals surface area (Å²) in [4.78, 5) is 14.6. The van der Waals surface area contributed by atoms with Crippen LogP contribution < -0.4 is 10.3 Å². The van der Waals surface area contributed by atoms with E-state index >= 15 is 0 Å². The molecule has 0 aliphatic carbocycles. The smallest absolute Gasteiger partial charge is 0.271 e. The summed E-state index contributed by atoms with van der Waals surface area (Å²) in [5, 5.41) is 4.82. The summed E-state index contributed by atoms with van der Waals surface area (Å²) in [6.07, 6.45) is 3.92. The second-order valence-corrected chi connectivity index (χ2v) is 8.14. The number of likely N-dealkylation sites (N-methyl/N-ethyl adjacent to an activating group) is 1. The Labute approximate surface area is 175 Å². The van der Waals surface area contributed by atoms with Crippen LogP contribution in [-0.2, 0) is 0 Å². The molecule has 146 valence electrons. The van der Waals surface area contributed by atoms with Gasteiger partial charge in [-0.05, 0) is 69.2 Å². The third-order valence-electron chi connectivity index (χ3n) is 4.88. The van der Waals surface area contributed by atoms with Gasteiger partial charge in [0.05, 0.1) is 21.8 Å². The molecule has 0 saturated carbocycles. The monoisotopic (exact) mass is 415 g/mol. The summed E-state index contributed by atoms with van der Waals surface area (Å²) in [5.74, 6) is -0.345. The van der Waals surface area contributed by atoms with Gasteiger partial charge in [0.1, 0.15) is 0 Å². The third kappa shape index (κ3) is 4.08. The van der Waals surface area contributed by atoms with Crippen molar-refractivity contribution in [3.05, 3.63) is 69.2 Å². The molecule has 1 N–H and O–H groups in total. The molecular weight excluding hydrogens is 393 g/mol. The maximum Gasteiger partial charge on any atom is 0.271 e. The molecule has 1 amide bonds. The SMILES string of the molecule is CCN1c2ccc(/C=N\NC(=O)c3ccc(Cl)c(Cl)c3)cc2C(C)=CC1(C)C. The summed E-state index contributed by atoms with van der Waals surface area (Å²) < 4.78 is 0. The Hall–Kier alpha value is -2.30. The number of allylic oxidation sites excluding steroid dienone is 1. The highest BCUT2D eigenvalue weighted by atomic mass is 35.5. The minimum Gasteiger partial charge on any atom is -0.363 e. The molecule has 6 heteroatoms. The number of carbonyl (C=O) groups is 1. The molecule has 0 fully saturated rings. The molecule has 0 spiro atoms. The predicted molar refractivity (Wildman–Crippen MR) is 119 cm³/mol. The number of carbonyl (C=O) groups excluding carboxylic acids is 1. The lowest BCUT2D eigenvalue weighted by Crippen LogP contribution is -2.44. The van der Waals surface area contributed by atoms with E-state index < -0.39 is 0 Å². The van der Waals surface area contributed by atoms with Crippen molar-refractivity contribution >= 4 is 46.6 Å². The average molecular weight is 416 g/mol. The Kier molecular flexibility index (Phi) is 5.82. The summed E-state index contributed by atoms with van der Waals surface area (Å²) >= 11 is 11.8. The van der Waals surface area contributed by atoms with E-state index in [0.29, 0.717) is 15.6 Å². The molecule has 2 aromatic rings. The zero-order valence-electron chi connectivity index (χ0n) is 16.4. The van der Waals surface area contributed by atoms with E-state index in [1.54, 1.807) is 18.3 Å². The number of amides is 1. The van der Waals surface area contributed by atoms with Gasteiger partial charge in [0.15, 0.2) is 0 Å². The molecule has 1 aliphatic heterocycles. The van der Waals surface area contributed by atoms with E-state index in [-0.39, 0.29) is 11.4 Å². The van der Waals surface area contributed by atoms with Crippen molar-refractivity contribution in [3.63, 3.8) is 0 Å². The zero-order chi connectivity index (χ0) is 20.5. The fourth-order valence-electron chi connectivity index (χ4n) is 3.63. The summed E-state index contributed by atoms with van der Waals surface area (Å²) in [5.41, 5.74) is 7.45. The summed E-state index contributed by atoms with van der Waals surface area (Å²) in [7, 11) is 0. The Balaban J connectivity index is 1.78. The second kappa shape index (κ2) is 7.98. The molecule has 0 bridgehead atoms. The molecule has 0 radical (unpaired) electrons. The normalized spacial score (nSPS) is 15.4. The highest BCUT2D eigenvalue weighted by Crippen LogP contribution is 2.38. The van der Waals surface area contributed by atoms with Crippen LogP contribution in [0.3, 0.4) is 0 Å². The summed E-state index contributed by atoms with van der Waals surface area (Å²) in [6.45, 7) is 9.65. The van der Waals surface area contributed by atoms with Crippen LogP contribution in [0.2, 0.25) is 10.0 Å². The van der Waals surface area contributed by atoms with Gasteiger partial charge >= 0.3 is 0 Å². The standard InChI is InChI=1S/C22H23Cl2N3O/c1-5-27-20-9-6-15(10-17(20)14(2)12-22(27,3)4)13-25-26-21(28)16-7-8-18(23)19(24)11-16/h6-13H,5H2,1-4H3,(H,26,28)/b25-13-. The van der Waals surface area contributed by atoms with Crippen LogP contribution >= 0.6 is 23.2 Å². The minimum atomic E-state index is -0.345. The number of anilines is 1. The molecule has 0 atom stereocenters. The number of nitrogens with zero attached hydrogens (tertiary/aromatic N) is 2.